The molecular formula is C26H30F2N4O3. The lowest BCUT2D eigenvalue weighted by Crippen LogP contribution is -2.37. The number of alkyl halides is 2. The van der Waals surface area contributed by atoms with E-state index in [1.165, 1.54) is 6.07 Å². The Morgan fingerprint density at radius 2 is 1.91 bits per heavy atom. The number of rotatable bonds is 7. The monoisotopic (exact) mass is 484 g/mol. The minimum Gasteiger partial charge on any atom is -0.478 e. The molecule has 1 aromatic heterocycles. The van der Waals surface area contributed by atoms with Crippen LogP contribution in [0.5, 0.6) is 0 Å². The van der Waals surface area contributed by atoms with Crippen LogP contribution in [0.2, 0.25) is 0 Å². The number of piperidine rings is 1. The fourth-order valence-electron chi connectivity index (χ4n) is 4.94. The Morgan fingerprint density at radius 3 is 2.57 bits per heavy atom. The van der Waals surface area contributed by atoms with Gasteiger partial charge in [-0.05, 0) is 63.5 Å². The number of hydrogen-bond acceptors (Lipinski definition) is 5. The summed E-state index contributed by atoms with van der Waals surface area (Å²) in [6, 6.07) is 10.2. The van der Waals surface area contributed by atoms with E-state index in [2.05, 4.69) is 5.32 Å². The maximum absolute atomic E-state index is 13.3. The first-order chi connectivity index (χ1) is 16.7. The van der Waals surface area contributed by atoms with Gasteiger partial charge in [-0.2, -0.15) is 0 Å². The number of carbonyl (C=O) groups is 1. The highest BCUT2D eigenvalue weighted by Crippen LogP contribution is 2.31. The van der Waals surface area contributed by atoms with Crippen molar-refractivity contribution in [1.29, 1.82) is 0 Å². The van der Waals surface area contributed by atoms with E-state index in [9.17, 15) is 23.5 Å². The van der Waals surface area contributed by atoms with Gasteiger partial charge in [-0.3, -0.25) is 14.3 Å². The lowest BCUT2D eigenvalue weighted by Gasteiger charge is -2.32. The van der Waals surface area contributed by atoms with Gasteiger partial charge >= 0.3 is 5.97 Å². The quantitative estimate of drug-likeness (QED) is 0.511. The minimum atomic E-state index is -2.36. The molecule has 1 aliphatic heterocycles. The van der Waals surface area contributed by atoms with Crippen molar-refractivity contribution in [2.45, 2.75) is 45.1 Å². The summed E-state index contributed by atoms with van der Waals surface area (Å²) in [5.41, 5.74) is 2.78. The summed E-state index contributed by atoms with van der Waals surface area (Å²) in [4.78, 5) is 31.7. The van der Waals surface area contributed by atoms with Crippen molar-refractivity contribution >= 4 is 22.6 Å². The van der Waals surface area contributed by atoms with E-state index in [0.29, 0.717) is 48.3 Å². The van der Waals surface area contributed by atoms with Gasteiger partial charge < -0.3 is 10.4 Å². The molecule has 4 rings (SSSR count). The van der Waals surface area contributed by atoms with E-state index < -0.39 is 12.4 Å². The molecule has 1 atom stereocenters. The number of carboxylic acid groups (broad SMARTS) is 1. The van der Waals surface area contributed by atoms with E-state index in [-0.39, 0.29) is 29.6 Å². The maximum Gasteiger partial charge on any atom is 0.337 e. The summed E-state index contributed by atoms with van der Waals surface area (Å²) < 4.78 is 27.1. The van der Waals surface area contributed by atoms with Crippen LogP contribution in [0.1, 0.15) is 59.0 Å². The first kappa shape index (κ1) is 24.8. The van der Waals surface area contributed by atoms with E-state index in [4.69, 9.17) is 4.98 Å². The van der Waals surface area contributed by atoms with Gasteiger partial charge in [0.15, 0.2) is 0 Å². The van der Waals surface area contributed by atoms with Crippen molar-refractivity contribution < 1.29 is 18.7 Å². The summed E-state index contributed by atoms with van der Waals surface area (Å²) in [6.07, 6.45) is -1.06. The van der Waals surface area contributed by atoms with Crippen LogP contribution < -0.4 is 10.9 Å². The Bertz CT molecular complexity index is 1300. The fourth-order valence-corrected chi connectivity index (χ4v) is 4.94. The molecule has 0 amide bonds. The molecule has 1 unspecified atom stereocenters. The molecule has 2 aromatic carbocycles. The minimum absolute atomic E-state index is 0.00354. The highest BCUT2D eigenvalue weighted by Gasteiger charge is 2.27. The first-order valence-electron chi connectivity index (χ1n) is 11.8. The highest BCUT2D eigenvalue weighted by atomic mass is 19.3. The number of benzene rings is 2. The van der Waals surface area contributed by atoms with Gasteiger partial charge in [0.2, 0.25) is 0 Å². The van der Waals surface area contributed by atoms with Crippen LogP contribution in [0.15, 0.2) is 41.2 Å². The number of aromatic carboxylic acids is 1. The standard InChI is InChI=1S/C26H30F2N4O3/c1-15-12-19(16(2)29-21-7-5-4-6-18(21)26(34)35)23-20(13-15)25(33)31(3)24(30-23)17-8-10-32(11-9-17)14-22(27)28/h4-7,12-13,16-17,22,29H,8-11,14H2,1-3H3,(H,34,35). The molecule has 0 spiro atoms. The molecule has 35 heavy (non-hydrogen) atoms. The van der Waals surface area contributed by atoms with Crippen molar-refractivity contribution in [3.05, 3.63) is 69.3 Å². The van der Waals surface area contributed by atoms with Crippen molar-refractivity contribution in [3.8, 4) is 0 Å². The summed E-state index contributed by atoms with van der Waals surface area (Å²) in [7, 11) is 1.71. The second-order valence-electron chi connectivity index (χ2n) is 9.27. The third-order valence-electron chi connectivity index (χ3n) is 6.73. The third-order valence-corrected chi connectivity index (χ3v) is 6.73. The van der Waals surface area contributed by atoms with Gasteiger partial charge in [0.1, 0.15) is 5.82 Å². The van der Waals surface area contributed by atoms with Crippen molar-refractivity contribution in [2.24, 2.45) is 7.05 Å². The topological polar surface area (TPSA) is 87.5 Å². The lowest BCUT2D eigenvalue weighted by molar-refractivity contribution is 0.0697. The molecule has 1 saturated heterocycles. The maximum atomic E-state index is 13.3. The molecular weight excluding hydrogens is 454 g/mol. The normalized spacial score (nSPS) is 16.1. The van der Waals surface area contributed by atoms with Crippen LogP contribution in [0, 0.1) is 6.92 Å². The molecule has 7 nitrogen and oxygen atoms in total. The second kappa shape index (κ2) is 10.1. The molecule has 3 aromatic rings. The number of aromatic nitrogens is 2. The number of carboxylic acids is 1. The predicted molar refractivity (Wildman–Crippen MR) is 132 cm³/mol. The van der Waals surface area contributed by atoms with Crippen LogP contribution in [-0.4, -0.2) is 51.6 Å². The summed E-state index contributed by atoms with van der Waals surface area (Å²) in [6.45, 7) is 4.66. The van der Waals surface area contributed by atoms with Gasteiger partial charge in [-0.25, -0.2) is 18.6 Å². The Balaban J connectivity index is 1.72. The van der Waals surface area contributed by atoms with Crippen LogP contribution in [0.4, 0.5) is 14.5 Å². The molecule has 2 heterocycles. The number of hydrogen-bond donors (Lipinski definition) is 2. The number of nitrogens with zero attached hydrogens (tertiary/aromatic N) is 3. The van der Waals surface area contributed by atoms with Crippen LogP contribution in [0.25, 0.3) is 10.9 Å². The van der Waals surface area contributed by atoms with Crippen LogP contribution >= 0.6 is 0 Å². The highest BCUT2D eigenvalue weighted by molar-refractivity contribution is 5.94. The third kappa shape index (κ3) is 5.19. The Morgan fingerprint density at radius 1 is 1.23 bits per heavy atom. The molecule has 186 valence electrons. The summed E-state index contributed by atoms with van der Waals surface area (Å²) in [5.74, 6) is -0.375. The first-order valence-corrected chi connectivity index (χ1v) is 11.8. The molecule has 1 fully saturated rings. The zero-order valence-electron chi connectivity index (χ0n) is 20.1. The molecule has 0 saturated carbocycles. The zero-order valence-corrected chi connectivity index (χ0v) is 20.1. The van der Waals surface area contributed by atoms with Crippen molar-refractivity contribution in [2.75, 3.05) is 25.0 Å². The number of fused-ring (bicyclic) bond motifs is 1. The molecule has 9 heteroatoms. The SMILES string of the molecule is Cc1cc(C(C)Nc2ccccc2C(=O)O)c2nc(C3CCN(CC(F)F)CC3)n(C)c(=O)c2c1. The predicted octanol–water partition coefficient (Wildman–Crippen LogP) is 4.56. The molecule has 0 radical (unpaired) electrons. The number of likely N-dealkylation sites (tertiary alicyclic amines) is 1. The van der Waals surface area contributed by atoms with E-state index in [1.54, 1.807) is 34.7 Å². The van der Waals surface area contributed by atoms with E-state index in [1.807, 2.05) is 26.0 Å². The van der Waals surface area contributed by atoms with Gasteiger partial charge in [0.05, 0.1) is 29.1 Å². The summed E-state index contributed by atoms with van der Waals surface area (Å²) >= 11 is 0. The number of nitrogens with one attached hydrogen (secondary N) is 1. The van der Waals surface area contributed by atoms with Crippen molar-refractivity contribution in [3.63, 3.8) is 0 Å². The van der Waals surface area contributed by atoms with Crippen LogP contribution in [-0.2, 0) is 7.05 Å². The van der Waals surface area contributed by atoms with Gasteiger partial charge in [-0.1, -0.05) is 18.2 Å². The lowest BCUT2D eigenvalue weighted by atomic mass is 9.94. The molecule has 2 N–H and O–H groups in total. The van der Waals surface area contributed by atoms with E-state index in [0.717, 1.165) is 11.1 Å². The van der Waals surface area contributed by atoms with Gasteiger partial charge in [0, 0.05) is 24.2 Å². The Labute approximate surface area is 202 Å². The number of anilines is 1. The zero-order chi connectivity index (χ0) is 25.3. The van der Waals surface area contributed by atoms with E-state index >= 15 is 0 Å². The Hall–Kier alpha value is -3.33. The average Bonchev–Trinajstić information content (AvgIpc) is 2.81. The molecule has 0 bridgehead atoms. The molecule has 1 aliphatic rings. The number of halogens is 2. The average molecular weight is 485 g/mol. The number of aryl methyl sites for hydroxylation is 1. The fraction of sp³-hybridized carbons (Fsp3) is 0.423. The van der Waals surface area contributed by atoms with Crippen molar-refractivity contribution in [1.82, 2.24) is 14.5 Å². The smallest absolute Gasteiger partial charge is 0.337 e. The Kier molecular flexibility index (Phi) is 7.16. The van der Waals surface area contributed by atoms with Crippen LogP contribution in [0.3, 0.4) is 0 Å². The summed E-state index contributed by atoms with van der Waals surface area (Å²) in [5, 5.41) is 13.3. The second-order valence-corrected chi connectivity index (χ2v) is 9.27. The largest absolute Gasteiger partial charge is 0.478 e. The van der Waals surface area contributed by atoms with Gasteiger partial charge in [-0.15, -0.1) is 0 Å². The molecule has 0 aliphatic carbocycles. The number of para-hydroxylation sites is 1. The van der Waals surface area contributed by atoms with Gasteiger partial charge in [0.25, 0.3) is 12.0 Å².